The average molecular weight is 307 g/mol. The van der Waals surface area contributed by atoms with Crippen LogP contribution >= 0.6 is 0 Å². The number of benzene rings is 2. The summed E-state index contributed by atoms with van der Waals surface area (Å²) in [4.78, 5) is 24.1. The van der Waals surface area contributed by atoms with Gasteiger partial charge < -0.3 is 5.32 Å². The average Bonchev–Trinajstić information content (AvgIpc) is 2.54. The Morgan fingerprint density at radius 3 is 2.65 bits per heavy atom. The molecule has 0 fully saturated rings. The van der Waals surface area contributed by atoms with Crippen LogP contribution in [-0.2, 0) is 11.2 Å². The molecule has 0 unspecified atom stereocenters. The highest BCUT2D eigenvalue weighted by atomic mass is 16.1. The van der Waals surface area contributed by atoms with E-state index < -0.39 is 0 Å². The Morgan fingerprint density at radius 2 is 1.87 bits per heavy atom. The number of aromatic amines is 1. The van der Waals surface area contributed by atoms with Crippen LogP contribution in [0.4, 0.5) is 5.69 Å². The molecule has 5 nitrogen and oxygen atoms in total. The van der Waals surface area contributed by atoms with Crippen molar-refractivity contribution in [1.29, 1.82) is 0 Å². The third-order valence-corrected chi connectivity index (χ3v) is 3.77. The Labute approximate surface area is 133 Å². The number of carbonyl (C=O) groups excluding carboxylic acids is 1. The number of aromatic nitrogens is 2. The largest absolute Gasteiger partial charge is 0.325 e. The van der Waals surface area contributed by atoms with Crippen LogP contribution in [0.15, 0.2) is 47.3 Å². The number of rotatable bonds is 3. The van der Waals surface area contributed by atoms with Gasteiger partial charge in [0.1, 0.15) is 0 Å². The summed E-state index contributed by atoms with van der Waals surface area (Å²) in [5.41, 5.74) is 3.19. The molecule has 1 amide bonds. The minimum atomic E-state index is -0.251. The summed E-state index contributed by atoms with van der Waals surface area (Å²) in [6.45, 7) is 3.93. The summed E-state index contributed by atoms with van der Waals surface area (Å²) in [7, 11) is 0. The smallest absolute Gasteiger partial charge is 0.272 e. The lowest BCUT2D eigenvalue weighted by atomic mass is 10.1. The Morgan fingerprint density at radius 1 is 1.13 bits per heavy atom. The third kappa shape index (κ3) is 3.13. The maximum Gasteiger partial charge on any atom is 0.272 e. The number of nitrogens with one attached hydrogen (secondary N) is 2. The molecular weight excluding hydrogens is 290 g/mol. The fraction of sp³-hybridized carbons (Fsp3) is 0.167. The standard InChI is InChI=1S/C18H17N3O2/c1-11-7-8-12(2)15(9-11)19-17(22)10-16-13-5-3-4-6-14(13)18(23)21-20-16/h3-9H,10H2,1-2H3,(H,19,22)(H,21,23). The minimum Gasteiger partial charge on any atom is -0.325 e. The molecule has 0 spiro atoms. The fourth-order valence-electron chi connectivity index (χ4n) is 2.52. The molecule has 3 aromatic rings. The van der Waals surface area contributed by atoms with Crippen LogP contribution in [0.2, 0.25) is 0 Å². The van der Waals surface area contributed by atoms with Crippen LogP contribution < -0.4 is 10.9 Å². The van der Waals surface area contributed by atoms with Gasteiger partial charge in [-0.25, -0.2) is 5.10 Å². The van der Waals surface area contributed by atoms with Crippen LogP contribution in [0.3, 0.4) is 0 Å². The van der Waals surface area contributed by atoms with Gasteiger partial charge in [0.15, 0.2) is 0 Å². The second kappa shape index (κ2) is 6.04. The van der Waals surface area contributed by atoms with Crippen molar-refractivity contribution in [3.8, 4) is 0 Å². The maximum atomic E-state index is 12.3. The highest BCUT2D eigenvalue weighted by molar-refractivity contribution is 5.95. The van der Waals surface area contributed by atoms with E-state index in [4.69, 9.17) is 0 Å². The van der Waals surface area contributed by atoms with E-state index in [1.807, 2.05) is 38.1 Å². The van der Waals surface area contributed by atoms with E-state index in [1.165, 1.54) is 0 Å². The van der Waals surface area contributed by atoms with Gasteiger partial charge in [0.25, 0.3) is 5.56 Å². The first kappa shape index (κ1) is 15.0. The molecule has 0 radical (unpaired) electrons. The Bertz CT molecular complexity index is 944. The topological polar surface area (TPSA) is 74.8 Å². The normalized spacial score (nSPS) is 10.7. The van der Waals surface area contributed by atoms with Crippen LogP contribution in [0.1, 0.15) is 16.8 Å². The highest BCUT2D eigenvalue weighted by Gasteiger charge is 2.11. The molecule has 0 aliphatic heterocycles. The summed E-state index contributed by atoms with van der Waals surface area (Å²) in [6.07, 6.45) is 0.102. The molecule has 23 heavy (non-hydrogen) atoms. The first-order valence-corrected chi connectivity index (χ1v) is 7.38. The zero-order valence-corrected chi connectivity index (χ0v) is 13.0. The van der Waals surface area contributed by atoms with Crippen molar-refractivity contribution < 1.29 is 4.79 Å². The van der Waals surface area contributed by atoms with Gasteiger partial charge in [-0.05, 0) is 37.1 Å². The van der Waals surface area contributed by atoms with Crippen LogP contribution in [0.5, 0.6) is 0 Å². The van der Waals surface area contributed by atoms with Gasteiger partial charge in [0, 0.05) is 11.1 Å². The van der Waals surface area contributed by atoms with Crippen LogP contribution in [0, 0.1) is 13.8 Å². The zero-order valence-electron chi connectivity index (χ0n) is 13.0. The van der Waals surface area contributed by atoms with E-state index in [9.17, 15) is 9.59 Å². The van der Waals surface area contributed by atoms with Crippen molar-refractivity contribution in [3.63, 3.8) is 0 Å². The molecule has 5 heteroatoms. The predicted molar refractivity (Wildman–Crippen MR) is 90.6 cm³/mol. The third-order valence-electron chi connectivity index (χ3n) is 3.77. The number of nitrogens with zero attached hydrogens (tertiary/aromatic N) is 1. The lowest BCUT2D eigenvalue weighted by Crippen LogP contribution is -2.18. The van der Waals surface area contributed by atoms with E-state index in [0.29, 0.717) is 16.5 Å². The van der Waals surface area contributed by atoms with Crippen molar-refractivity contribution >= 4 is 22.4 Å². The monoisotopic (exact) mass is 307 g/mol. The van der Waals surface area contributed by atoms with Gasteiger partial charge in [0.2, 0.25) is 5.91 Å². The second-order valence-corrected chi connectivity index (χ2v) is 5.59. The molecule has 116 valence electrons. The van der Waals surface area contributed by atoms with Crippen molar-refractivity contribution in [2.24, 2.45) is 0 Å². The molecule has 0 atom stereocenters. The van der Waals surface area contributed by atoms with Crippen molar-refractivity contribution in [2.75, 3.05) is 5.32 Å². The molecule has 0 saturated carbocycles. The Kier molecular flexibility index (Phi) is 3.93. The van der Waals surface area contributed by atoms with Gasteiger partial charge in [-0.3, -0.25) is 9.59 Å². The number of fused-ring (bicyclic) bond motifs is 1. The molecule has 0 aliphatic rings. The fourth-order valence-corrected chi connectivity index (χ4v) is 2.52. The Balaban J connectivity index is 1.88. The number of anilines is 1. The lowest BCUT2D eigenvalue weighted by molar-refractivity contribution is -0.115. The van der Waals surface area contributed by atoms with E-state index in [1.54, 1.807) is 18.2 Å². The molecule has 1 aromatic heterocycles. The van der Waals surface area contributed by atoms with Crippen molar-refractivity contribution in [3.05, 3.63) is 69.6 Å². The molecular formula is C18H17N3O2. The van der Waals surface area contributed by atoms with Crippen molar-refractivity contribution in [2.45, 2.75) is 20.3 Å². The summed E-state index contributed by atoms with van der Waals surface area (Å²) in [6, 6.07) is 13.1. The molecule has 1 heterocycles. The number of carbonyl (C=O) groups is 1. The van der Waals surface area contributed by atoms with E-state index in [0.717, 1.165) is 16.8 Å². The number of H-pyrrole nitrogens is 1. The van der Waals surface area contributed by atoms with E-state index in [2.05, 4.69) is 15.5 Å². The van der Waals surface area contributed by atoms with Gasteiger partial charge in [0.05, 0.1) is 17.5 Å². The number of amides is 1. The predicted octanol–water partition coefficient (Wildman–Crippen LogP) is 2.72. The van der Waals surface area contributed by atoms with E-state index in [-0.39, 0.29) is 17.9 Å². The van der Waals surface area contributed by atoms with Gasteiger partial charge in [-0.15, -0.1) is 0 Å². The van der Waals surface area contributed by atoms with Crippen molar-refractivity contribution in [1.82, 2.24) is 10.2 Å². The highest BCUT2D eigenvalue weighted by Crippen LogP contribution is 2.18. The molecule has 0 saturated heterocycles. The summed E-state index contributed by atoms with van der Waals surface area (Å²) < 4.78 is 0. The zero-order chi connectivity index (χ0) is 16.4. The first-order chi connectivity index (χ1) is 11.0. The summed E-state index contributed by atoms with van der Waals surface area (Å²) in [5, 5.41) is 10.6. The SMILES string of the molecule is Cc1ccc(C)c(NC(=O)Cc2n[nH]c(=O)c3ccccc23)c1. The summed E-state index contributed by atoms with van der Waals surface area (Å²) >= 11 is 0. The molecule has 0 aliphatic carbocycles. The summed E-state index contributed by atoms with van der Waals surface area (Å²) in [5.74, 6) is -0.164. The number of hydrogen-bond acceptors (Lipinski definition) is 3. The van der Waals surface area contributed by atoms with E-state index >= 15 is 0 Å². The quantitative estimate of drug-likeness (QED) is 0.781. The Hall–Kier alpha value is -2.95. The van der Waals surface area contributed by atoms with Gasteiger partial charge >= 0.3 is 0 Å². The number of hydrogen-bond donors (Lipinski definition) is 2. The van der Waals surface area contributed by atoms with Crippen LogP contribution in [-0.4, -0.2) is 16.1 Å². The number of aryl methyl sites for hydroxylation is 2. The molecule has 0 bridgehead atoms. The lowest BCUT2D eigenvalue weighted by Gasteiger charge is -2.10. The molecule has 2 aromatic carbocycles. The van der Waals surface area contributed by atoms with Gasteiger partial charge in [-0.1, -0.05) is 30.3 Å². The van der Waals surface area contributed by atoms with Crippen LogP contribution in [0.25, 0.3) is 10.8 Å². The first-order valence-electron chi connectivity index (χ1n) is 7.38. The molecule has 3 rings (SSSR count). The second-order valence-electron chi connectivity index (χ2n) is 5.59. The minimum absolute atomic E-state index is 0.102. The maximum absolute atomic E-state index is 12.3. The van der Waals surface area contributed by atoms with Gasteiger partial charge in [-0.2, -0.15) is 5.10 Å². The molecule has 2 N–H and O–H groups in total.